The molecule has 1 aromatic carbocycles. The summed E-state index contributed by atoms with van der Waals surface area (Å²) in [6, 6.07) is 4.89. The van der Waals surface area contributed by atoms with Crippen molar-refractivity contribution in [3.05, 3.63) is 44.3 Å². The van der Waals surface area contributed by atoms with Gasteiger partial charge in [-0.2, -0.15) is 0 Å². The molecule has 2 rings (SSSR count). The standard InChI is InChI=1S/C14H12Cl2N2O4S/c1-7(22-10-4-2-3-8(15)12(10)16)13(19)17-5-11-18-9(6-23-11)14(20)21/h2-4,6-7H,5H2,1H3,(H,17,19)(H,20,21)/t7-/m1/s1. The number of carbonyl (C=O) groups is 2. The first-order valence-corrected chi connectivity index (χ1v) is 8.08. The van der Waals surface area contributed by atoms with Crippen molar-refractivity contribution < 1.29 is 19.4 Å². The number of nitrogens with zero attached hydrogens (tertiary/aromatic N) is 1. The van der Waals surface area contributed by atoms with E-state index in [1.165, 1.54) is 5.38 Å². The molecule has 0 aliphatic rings. The van der Waals surface area contributed by atoms with Crippen LogP contribution < -0.4 is 10.1 Å². The van der Waals surface area contributed by atoms with Gasteiger partial charge in [-0.3, -0.25) is 4.79 Å². The molecule has 0 aliphatic carbocycles. The normalized spacial score (nSPS) is 11.8. The molecule has 0 saturated carbocycles. The third kappa shape index (κ3) is 4.57. The van der Waals surface area contributed by atoms with E-state index in [2.05, 4.69) is 10.3 Å². The molecule has 0 radical (unpaired) electrons. The number of thiazole rings is 1. The molecule has 1 heterocycles. The first-order valence-electron chi connectivity index (χ1n) is 6.44. The van der Waals surface area contributed by atoms with Gasteiger partial charge in [0.2, 0.25) is 0 Å². The van der Waals surface area contributed by atoms with Crippen LogP contribution in [0, 0.1) is 0 Å². The molecular weight excluding hydrogens is 363 g/mol. The zero-order chi connectivity index (χ0) is 17.0. The molecule has 23 heavy (non-hydrogen) atoms. The summed E-state index contributed by atoms with van der Waals surface area (Å²) >= 11 is 13.0. The molecule has 0 saturated heterocycles. The molecule has 0 bridgehead atoms. The molecule has 1 amide bonds. The maximum Gasteiger partial charge on any atom is 0.355 e. The van der Waals surface area contributed by atoms with Gasteiger partial charge in [0.05, 0.1) is 11.6 Å². The molecule has 2 aromatic rings. The van der Waals surface area contributed by atoms with Crippen LogP contribution in [0.25, 0.3) is 0 Å². The number of ether oxygens (including phenoxy) is 1. The lowest BCUT2D eigenvalue weighted by Gasteiger charge is -2.15. The average Bonchev–Trinajstić information content (AvgIpc) is 2.98. The fraction of sp³-hybridized carbons (Fsp3) is 0.214. The number of rotatable bonds is 6. The second-order valence-corrected chi connectivity index (χ2v) is 6.19. The average molecular weight is 375 g/mol. The molecule has 0 fully saturated rings. The number of hydrogen-bond donors (Lipinski definition) is 2. The SMILES string of the molecule is C[C@@H](Oc1cccc(Cl)c1Cl)C(=O)NCc1nc(C(=O)O)cs1. The van der Waals surface area contributed by atoms with Crippen LogP contribution in [0.15, 0.2) is 23.6 Å². The molecule has 1 aromatic heterocycles. The van der Waals surface area contributed by atoms with Crippen LogP contribution in [-0.2, 0) is 11.3 Å². The van der Waals surface area contributed by atoms with E-state index in [-0.39, 0.29) is 23.2 Å². The highest BCUT2D eigenvalue weighted by atomic mass is 35.5. The summed E-state index contributed by atoms with van der Waals surface area (Å²) in [5.41, 5.74) is -0.0470. The predicted octanol–water partition coefficient (Wildman–Crippen LogP) is 3.23. The number of aromatic nitrogens is 1. The van der Waals surface area contributed by atoms with Gasteiger partial charge in [-0.15, -0.1) is 11.3 Å². The van der Waals surface area contributed by atoms with Gasteiger partial charge in [0, 0.05) is 5.38 Å². The second kappa shape index (κ2) is 7.63. The largest absolute Gasteiger partial charge is 0.479 e. The third-order valence-electron chi connectivity index (χ3n) is 2.77. The quantitative estimate of drug-likeness (QED) is 0.809. The molecule has 9 heteroatoms. The predicted molar refractivity (Wildman–Crippen MR) is 87.5 cm³/mol. The van der Waals surface area contributed by atoms with E-state index >= 15 is 0 Å². The van der Waals surface area contributed by atoms with Gasteiger partial charge in [-0.1, -0.05) is 29.3 Å². The van der Waals surface area contributed by atoms with Crippen molar-refractivity contribution >= 4 is 46.4 Å². The van der Waals surface area contributed by atoms with Crippen molar-refractivity contribution in [1.82, 2.24) is 10.3 Å². The van der Waals surface area contributed by atoms with Crippen LogP contribution >= 0.6 is 34.5 Å². The highest BCUT2D eigenvalue weighted by Gasteiger charge is 2.17. The van der Waals surface area contributed by atoms with Crippen LogP contribution in [0.1, 0.15) is 22.4 Å². The summed E-state index contributed by atoms with van der Waals surface area (Å²) in [5.74, 6) is -1.18. The van der Waals surface area contributed by atoms with E-state index in [9.17, 15) is 9.59 Å². The Labute approximate surface area is 146 Å². The van der Waals surface area contributed by atoms with Gasteiger partial charge in [-0.05, 0) is 19.1 Å². The zero-order valence-electron chi connectivity index (χ0n) is 11.9. The monoisotopic (exact) mass is 374 g/mol. The van der Waals surface area contributed by atoms with E-state index in [0.717, 1.165) is 11.3 Å². The van der Waals surface area contributed by atoms with Gasteiger partial charge < -0.3 is 15.2 Å². The van der Waals surface area contributed by atoms with Crippen LogP contribution in [0.3, 0.4) is 0 Å². The molecule has 122 valence electrons. The number of halogens is 2. The summed E-state index contributed by atoms with van der Waals surface area (Å²) in [6.07, 6.45) is -0.801. The van der Waals surface area contributed by atoms with E-state index < -0.39 is 12.1 Å². The number of carboxylic acids is 1. The lowest BCUT2D eigenvalue weighted by molar-refractivity contribution is -0.127. The van der Waals surface area contributed by atoms with Crippen LogP contribution in [-0.4, -0.2) is 28.1 Å². The Hall–Kier alpha value is -1.83. The van der Waals surface area contributed by atoms with Gasteiger partial charge in [0.15, 0.2) is 11.8 Å². The van der Waals surface area contributed by atoms with Crippen LogP contribution in [0.5, 0.6) is 5.75 Å². The van der Waals surface area contributed by atoms with Gasteiger partial charge >= 0.3 is 5.97 Å². The van der Waals surface area contributed by atoms with Crippen molar-refractivity contribution in [1.29, 1.82) is 0 Å². The fourth-order valence-corrected chi connectivity index (χ4v) is 2.66. The van der Waals surface area contributed by atoms with E-state index in [1.54, 1.807) is 25.1 Å². The Morgan fingerprint density at radius 3 is 2.83 bits per heavy atom. The van der Waals surface area contributed by atoms with Gasteiger partial charge in [0.1, 0.15) is 15.8 Å². The molecule has 0 unspecified atom stereocenters. The summed E-state index contributed by atoms with van der Waals surface area (Å²) in [6.45, 7) is 1.69. The minimum absolute atomic E-state index is 0.0470. The smallest absolute Gasteiger partial charge is 0.355 e. The summed E-state index contributed by atoms with van der Waals surface area (Å²) in [4.78, 5) is 26.6. The number of aromatic carboxylic acids is 1. The van der Waals surface area contributed by atoms with E-state index in [4.69, 9.17) is 33.0 Å². The Balaban J connectivity index is 1.92. The maximum absolute atomic E-state index is 12.0. The second-order valence-electron chi connectivity index (χ2n) is 4.46. The minimum Gasteiger partial charge on any atom is -0.479 e. The Kier molecular flexibility index (Phi) is 5.81. The van der Waals surface area contributed by atoms with E-state index in [1.807, 2.05) is 0 Å². The van der Waals surface area contributed by atoms with Crippen molar-refractivity contribution in [2.45, 2.75) is 19.6 Å². The highest BCUT2D eigenvalue weighted by molar-refractivity contribution is 7.09. The summed E-state index contributed by atoms with van der Waals surface area (Å²) in [5, 5.41) is 13.9. The van der Waals surface area contributed by atoms with Gasteiger partial charge in [-0.25, -0.2) is 9.78 Å². The lowest BCUT2D eigenvalue weighted by atomic mass is 10.3. The number of amides is 1. The first-order chi connectivity index (χ1) is 10.9. The topological polar surface area (TPSA) is 88.5 Å². The van der Waals surface area contributed by atoms with Crippen LogP contribution in [0.4, 0.5) is 0 Å². The number of nitrogens with one attached hydrogen (secondary N) is 1. The van der Waals surface area contributed by atoms with Gasteiger partial charge in [0.25, 0.3) is 5.91 Å². The molecule has 1 atom stereocenters. The van der Waals surface area contributed by atoms with Crippen molar-refractivity contribution in [3.8, 4) is 5.75 Å². The molecule has 0 spiro atoms. The third-order valence-corrected chi connectivity index (χ3v) is 4.42. The maximum atomic E-state index is 12.0. The number of hydrogen-bond acceptors (Lipinski definition) is 5. The molecular formula is C14H12Cl2N2O4S. The molecule has 2 N–H and O–H groups in total. The highest BCUT2D eigenvalue weighted by Crippen LogP contribution is 2.32. The first kappa shape index (κ1) is 17.5. The lowest BCUT2D eigenvalue weighted by Crippen LogP contribution is -2.35. The number of benzene rings is 1. The summed E-state index contributed by atoms with van der Waals surface area (Å²) in [7, 11) is 0. The number of carbonyl (C=O) groups excluding carboxylic acids is 1. The Bertz CT molecular complexity index is 735. The summed E-state index contributed by atoms with van der Waals surface area (Å²) < 4.78 is 5.48. The van der Waals surface area contributed by atoms with E-state index in [0.29, 0.717) is 15.8 Å². The van der Waals surface area contributed by atoms with Crippen molar-refractivity contribution in [2.75, 3.05) is 0 Å². The minimum atomic E-state index is -1.11. The number of carboxylic acid groups (broad SMARTS) is 1. The van der Waals surface area contributed by atoms with Crippen LogP contribution in [0.2, 0.25) is 10.0 Å². The fourth-order valence-electron chi connectivity index (χ4n) is 1.62. The van der Waals surface area contributed by atoms with Crippen molar-refractivity contribution in [3.63, 3.8) is 0 Å². The zero-order valence-corrected chi connectivity index (χ0v) is 14.2. The van der Waals surface area contributed by atoms with Crippen molar-refractivity contribution in [2.24, 2.45) is 0 Å². The Morgan fingerprint density at radius 1 is 1.43 bits per heavy atom. The molecule has 0 aliphatic heterocycles. The Morgan fingerprint density at radius 2 is 2.17 bits per heavy atom. The molecule has 6 nitrogen and oxygen atoms in total.